The highest BCUT2D eigenvalue weighted by atomic mass is 19.4. The Kier molecular flexibility index (Phi) is 7.69. The summed E-state index contributed by atoms with van der Waals surface area (Å²) in [4.78, 5) is 26.5. The van der Waals surface area contributed by atoms with Crippen LogP contribution < -0.4 is 15.4 Å². The van der Waals surface area contributed by atoms with Crippen LogP contribution in [-0.4, -0.2) is 74.7 Å². The minimum absolute atomic E-state index is 0.0613. The van der Waals surface area contributed by atoms with Gasteiger partial charge in [-0.15, -0.1) is 0 Å². The molecule has 1 saturated heterocycles. The molecule has 0 atom stereocenters. The Morgan fingerprint density at radius 2 is 1.81 bits per heavy atom. The Hall–Kier alpha value is -4.23. The minimum atomic E-state index is -4.56. The first-order valence-corrected chi connectivity index (χ1v) is 14.2. The summed E-state index contributed by atoms with van der Waals surface area (Å²) in [6.07, 6.45) is -0.857. The van der Waals surface area contributed by atoms with Crippen LogP contribution in [0.4, 0.5) is 24.8 Å². The Morgan fingerprint density at radius 3 is 2.53 bits per heavy atom. The van der Waals surface area contributed by atoms with Crippen molar-refractivity contribution >= 4 is 28.6 Å². The van der Waals surface area contributed by atoms with Gasteiger partial charge < -0.3 is 20.3 Å². The average Bonchev–Trinajstić information content (AvgIpc) is 3.70. The van der Waals surface area contributed by atoms with Gasteiger partial charge in [0.1, 0.15) is 11.1 Å². The van der Waals surface area contributed by atoms with Crippen LogP contribution in [-0.2, 0) is 19.8 Å². The van der Waals surface area contributed by atoms with Crippen molar-refractivity contribution in [2.75, 3.05) is 43.9 Å². The molecule has 226 valence electrons. The number of piperazine rings is 1. The zero-order valence-corrected chi connectivity index (χ0v) is 24.2. The Balaban J connectivity index is 1.22. The highest BCUT2D eigenvalue weighted by molar-refractivity contribution is 6.04. The normalized spacial score (nSPS) is 16.4. The van der Waals surface area contributed by atoms with Crippen molar-refractivity contribution in [3.05, 3.63) is 64.8 Å². The molecular weight excluding hydrogens is 561 g/mol. The molecule has 1 aliphatic carbocycles. The number of nitrogens with one attached hydrogen (secondary N) is 2. The summed E-state index contributed by atoms with van der Waals surface area (Å²) in [5, 5.41) is 10.8. The van der Waals surface area contributed by atoms with Gasteiger partial charge in [-0.2, -0.15) is 28.2 Å². The second kappa shape index (κ2) is 11.5. The van der Waals surface area contributed by atoms with Gasteiger partial charge in [0, 0.05) is 57.1 Å². The van der Waals surface area contributed by atoms with E-state index >= 15 is 0 Å². The molecular formula is C30H33F3N8O2. The fourth-order valence-electron chi connectivity index (χ4n) is 5.01. The molecule has 2 fully saturated rings. The van der Waals surface area contributed by atoms with Crippen LogP contribution in [0, 0.1) is 6.92 Å². The molecule has 0 bridgehead atoms. The van der Waals surface area contributed by atoms with Crippen molar-refractivity contribution in [2.24, 2.45) is 7.05 Å². The lowest BCUT2D eigenvalue weighted by Gasteiger charge is -2.33. The maximum atomic E-state index is 14.0. The molecule has 10 nitrogen and oxygen atoms in total. The van der Waals surface area contributed by atoms with Gasteiger partial charge in [-0.05, 0) is 62.2 Å². The summed E-state index contributed by atoms with van der Waals surface area (Å²) >= 11 is 0. The number of ether oxygens (including phenoxy) is 1. The summed E-state index contributed by atoms with van der Waals surface area (Å²) in [7, 11) is 3.78. The fourth-order valence-corrected chi connectivity index (χ4v) is 5.01. The average molecular weight is 595 g/mol. The Morgan fingerprint density at radius 1 is 1.05 bits per heavy atom. The molecule has 2 aromatic heterocycles. The standard InChI is InChI=1S/C30H33F3N8O2/c1-18-4-5-19(14-25(18)43-28-23-16-34-40(3)26(23)37-29(38-28)36-21-8-9-21)27(42)35-22-7-6-20(24(15-22)30(31,32)33)17-41-12-10-39(2)11-13-41/h4-7,14-16,21H,8-13,17H2,1-3H3,(H,35,42)(H,36,37,38). The molecule has 1 saturated carbocycles. The van der Waals surface area contributed by atoms with E-state index in [0.29, 0.717) is 41.9 Å². The number of carbonyl (C=O) groups excluding carboxylic acids is 1. The van der Waals surface area contributed by atoms with Crippen molar-refractivity contribution in [1.29, 1.82) is 0 Å². The van der Waals surface area contributed by atoms with E-state index in [1.807, 2.05) is 18.9 Å². The first kappa shape index (κ1) is 28.9. The van der Waals surface area contributed by atoms with Gasteiger partial charge in [0.15, 0.2) is 5.65 Å². The SMILES string of the molecule is Cc1ccc(C(=O)Nc2ccc(CN3CCN(C)CC3)c(C(F)(F)F)c2)cc1Oc1nc(NC2CC2)nc2c1cnn2C. The van der Waals surface area contributed by atoms with Crippen LogP contribution in [0.15, 0.2) is 42.6 Å². The molecule has 2 aromatic carbocycles. The smallest absolute Gasteiger partial charge is 0.416 e. The molecule has 1 aliphatic heterocycles. The molecule has 0 spiro atoms. The number of aryl methyl sites for hydroxylation is 2. The lowest BCUT2D eigenvalue weighted by Crippen LogP contribution is -2.44. The second-order valence-corrected chi connectivity index (χ2v) is 11.3. The number of carbonyl (C=O) groups is 1. The largest absolute Gasteiger partial charge is 0.438 e. The number of rotatable bonds is 8. The van der Waals surface area contributed by atoms with Gasteiger partial charge in [-0.25, -0.2) is 0 Å². The van der Waals surface area contributed by atoms with Crippen molar-refractivity contribution in [1.82, 2.24) is 29.5 Å². The molecule has 13 heteroatoms. The van der Waals surface area contributed by atoms with Gasteiger partial charge in [0.05, 0.1) is 11.8 Å². The lowest BCUT2D eigenvalue weighted by molar-refractivity contribution is -0.138. The van der Waals surface area contributed by atoms with Crippen molar-refractivity contribution < 1.29 is 22.7 Å². The van der Waals surface area contributed by atoms with Gasteiger partial charge in [0.2, 0.25) is 11.8 Å². The summed E-state index contributed by atoms with van der Waals surface area (Å²) < 4.78 is 50.0. The van der Waals surface area contributed by atoms with Crippen LogP contribution in [0.1, 0.15) is 39.9 Å². The van der Waals surface area contributed by atoms with Crippen LogP contribution in [0.3, 0.4) is 0 Å². The van der Waals surface area contributed by atoms with Crippen LogP contribution in [0.5, 0.6) is 11.6 Å². The molecule has 0 unspecified atom stereocenters. The summed E-state index contributed by atoms with van der Waals surface area (Å²) in [6, 6.07) is 9.16. The Bertz CT molecular complexity index is 1660. The molecule has 0 radical (unpaired) electrons. The van der Waals surface area contributed by atoms with Crippen LogP contribution >= 0.6 is 0 Å². The quantitative estimate of drug-likeness (QED) is 0.292. The number of likely N-dealkylation sites (N-methyl/N-ethyl adjacent to an activating group) is 1. The van der Waals surface area contributed by atoms with Crippen molar-refractivity contribution in [3.8, 4) is 11.6 Å². The molecule has 6 rings (SSSR count). The van der Waals surface area contributed by atoms with Gasteiger partial charge in [-0.1, -0.05) is 12.1 Å². The minimum Gasteiger partial charge on any atom is -0.438 e. The topological polar surface area (TPSA) is 100 Å². The summed E-state index contributed by atoms with van der Waals surface area (Å²) in [5.41, 5.74) is 1.06. The number of nitrogens with zero attached hydrogens (tertiary/aromatic N) is 6. The third-order valence-electron chi connectivity index (χ3n) is 7.79. The molecule has 2 N–H and O–H groups in total. The number of fused-ring (bicyclic) bond motifs is 1. The van der Waals surface area contributed by atoms with E-state index in [2.05, 4.69) is 30.6 Å². The lowest BCUT2D eigenvalue weighted by atomic mass is 10.0. The number of hydrogen-bond donors (Lipinski definition) is 2. The highest BCUT2D eigenvalue weighted by Gasteiger charge is 2.34. The number of alkyl halides is 3. The summed E-state index contributed by atoms with van der Waals surface area (Å²) in [6.45, 7) is 5.03. The second-order valence-electron chi connectivity index (χ2n) is 11.3. The van der Waals surface area contributed by atoms with E-state index in [1.54, 1.807) is 36.1 Å². The number of hydrogen-bond acceptors (Lipinski definition) is 8. The molecule has 1 amide bonds. The van der Waals surface area contributed by atoms with E-state index in [4.69, 9.17) is 4.74 Å². The third kappa shape index (κ3) is 6.57. The third-order valence-corrected chi connectivity index (χ3v) is 7.79. The molecule has 2 aliphatic rings. The maximum absolute atomic E-state index is 14.0. The number of halogens is 3. The predicted octanol–water partition coefficient (Wildman–Crippen LogP) is 5.06. The monoisotopic (exact) mass is 594 g/mol. The Labute approximate surface area is 246 Å². The maximum Gasteiger partial charge on any atom is 0.416 e. The number of anilines is 2. The molecule has 43 heavy (non-hydrogen) atoms. The van der Waals surface area contributed by atoms with Crippen molar-refractivity contribution in [2.45, 2.75) is 38.5 Å². The molecule has 3 heterocycles. The number of benzene rings is 2. The number of aromatic nitrogens is 4. The van der Waals surface area contributed by atoms with Crippen LogP contribution in [0.2, 0.25) is 0 Å². The summed E-state index contributed by atoms with van der Waals surface area (Å²) in [5.74, 6) is 0.534. The number of amides is 1. The van der Waals surface area contributed by atoms with Crippen LogP contribution in [0.25, 0.3) is 11.0 Å². The van der Waals surface area contributed by atoms with Gasteiger partial charge in [-0.3, -0.25) is 14.4 Å². The van der Waals surface area contributed by atoms with E-state index in [1.165, 1.54) is 12.1 Å². The molecule has 4 aromatic rings. The predicted molar refractivity (Wildman–Crippen MR) is 156 cm³/mol. The zero-order chi connectivity index (χ0) is 30.3. The van der Waals surface area contributed by atoms with Gasteiger partial charge in [0.25, 0.3) is 5.91 Å². The highest BCUT2D eigenvalue weighted by Crippen LogP contribution is 2.35. The first-order valence-electron chi connectivity index (χ1n) is 14.2. The van der Waals surface area contributed by atoms with Crippen molar-refractivity contribution in [3.63, 3.8) is 0 Å². The van der Waals surface area contributed by atoms with E-state index < -0.39 is 17.6 Å². The van der Waals surface area contributed by atoms with E-state index in [9.17, 15) is 18.0 Å². The first-order chi connectivity index (χ1) is 20.5. The van der Waals surface area contributed by atoms with Gasteiger partial charge >= 0.3 is 6.18 Å². The zero-order valence-electron chi connectivity index (χ0n) is 24.2. The van der Waals surface area contributed by atoms with E-state index in [-0.39, 0.29) is 29.2 Å². The fraction of sp³-hybridized carbons (Fsp3) is 0.400. The van der Waals surface area contributed by atoms with E-state index in [0.717, 1.165) is 37.6 Å².